The molecule has 3 fully saturated rings. The van der Waals surface area contributed by atoms with Crippen LogP contribution in [0.1, 0.15) is 82.8 Å². The zero-order valence-corrected chi connectivity index (χ0v) is 32.8. The highest BCUT2D eigenvalue weighted by Gasteiger charge is 2.18. The zero-order chi connectivity index (χ0) is 35.6. The number of rotatable bonds is 8. The van der Waals surface area contributed by atoms with Crippen molar-refractivity contribution in [3.05, 3.63) is 63.6 Å². The first-order valence-corrected chi connectivity index (χ1v) is 20.7. The number of hydrogen-bond donors (Lipinski definition) is 3. The molecule has 3 heterocycles. The van der Waals surface area contributed by atoms with Crippen LogP contribution in [-0.4, -0.2) is 67.5 Å². The lowest BCUT2D eigenvalue weighted by atomic mass is 10.1. The highest BCUT2D eigenvalue weighted by Crippen LogP contribution is 2.26. The lowest BCUT2D eigenvalue weighted by Gasteiger charge is -2.10. The van der Waals surface area contributed by atoms with E-state index in [1.54, 1.807) is 0 Å². The van der Waals surface area contributed by atoms with Gasteiger partial charge < -0.3 is 15.4 Å². The van der Waals surface area contributed by atoms with Crippen LogP contribution in [0.3, 0.4) is 0 Å². The van der Waals surface area contributed by atoms with Gasteiger partial charge in [0.2, 0.25) is 11.8 Å². The molecule has 9 nitrogen and oxygen atoms in total. The Labute approximate surface area is 325 Å². The Balaban J connectivity index is 0.000000205. The van der Waals surface area contributed by atoms with Crippen molar-refractivity contribution < 1.29 is 14.3 Å². The number of H-pyrrole nitrogens is 1. The molecule has 2 aliphatic carbocycles. The van der Waals surface area contributed by atoms with Crippen molar-refractivity contribution >= 4 is 70.5 Å². The zero-order valence-electron chi connectivity index (χ0n) is 28.8. The number of nitrogens with zero attached hydrogens (tertiary/aromatic N) is 3. The first-order valence-electron chi connectivity index (χ1n) is 17.2. The minimum Gasteiger partial charge on any atom is -0.381 e. The fraction of sp³-hybridized carbons (Fsp3) is 0.514. The Morgan fingerprint density at radius 1 is 0.882 bits per heavy atom. The van der Waals surface area contributed by atoms with Gasteiger partial charge in [-0.15, -0.1) is 11.6 Å². The second-order valence-corrected chi connectivity index (χ2v) is 16.1. The van der Waals surface area contributed by atoms with Gasteiger partial charge in [-0.3, -0.25) is 14.0 Å². The topological polar surface area (TPSA) is 122 Å². The number of carbonyl (C=O) groups excluding carboxylic acids is 2. The number of aromatic nitrogens is 4. The number of benzene rings is 2. The Morgan fingerprint density at radius 3 is 1.96 bits per heavy atom. The van der Waals surface area contributed by atoms with Gasteiger partial charge in [-0.25, -0.2) is 9.97 Å². The highest BCUT2D eigenvalue weighted by molar-refractivity contribution is 8.01. The number of carbonyl (C=O) groups is 2. The number of amides is 2. The average molecular weight is 792 g/mol. The van der Waals surface area contributed by atoms with E-state index in [1.165, 1.54) is 84.5 Å². The van der Waals surface area contributed by atoms with Crippen molar-refractivity contribution in [2.45, 2.75) is 102 Å². The van der Waals surface area contributed by atoms with Gasteiger partial charge in [0, 0.05) is 36.4 Å². The number of hydrogen-bond acceptors (Lipinski definition) is 10. The van der Waals surface area contributed by atoms with Crippen molar-refractivity contribution in [3.8, 4) is 22.8 Å². The molecule has 0 spiro atoms. The van der Waals surface area contributed by atoms with Crippen LogP contribution >= 0.6 is 58.6 Å². The Morgan fingerprint density at radius 2 is 1.45 bits per heavy atom. The number of halogens is 1. The van der Waals surface area contributed by atoms with E-state index < -0.39 is 0 Å². The summed E-state index contributed by atoms with van der Waals surface area (Å²) >= 11 is 14.5. The summed E-state index contributed by atoms with van der Waals surface area (Å²) in [5, 5.41) is 5.95. The summed E-state index contributed by atoms with van der Waals surface area (Å²) in [4.78, 5) is 31.4. The lowest BCUT2D eigenvalue weighted by Crippen LogP contribution is -2.33. The van der Waals surface area contributed by atoms with Crippen LogP contribution in [0.25, 0.3) is 22.8 Å². The predicted octanol–water partition coefficient (Wildman–Crippen LogP) is 9.56. The second kappa shape index (κ2) is 23.8. The molecule has 7 rings (SSSR count). The summed E-state index contributed by atoms with van der Waals surface area (Å²) in [6.45, 7) is 6.11. The maximum atomic E-state index is 11.9. The number of thioether (sulfide) groups is 1. The molecule has 0 unspecified atom stereocenters. The summed E-state index contributed by atoms with van der Waals surface area (Å²) < 4.78 is 13.9. The molecular formula is C37H51ClN6O3S4. The van der Waals surface area contributed by atoms with E-state index in [0.717, 1.165) is 66.0 Å². The van der Waals surface area contributed by atoms with Crippen molar-refractivity contribution in [3.63, 3.8) is 0 Å². The molecule has 51 heavy (non-hydrogen) atoms. The maximum absolute atomic E-state index is 11.9. The minimum atomic E-state index is -0.0337. The third-order valence-electron chi connectivity index (χ3n) is 8.13. The largest absolute Gasteiger partial charge is 0.381 e. The van der Waals surface area contributed by atoms with E-state index in [9.17, 15) is 9.59 Å². The Hall–Kier alpha value is -2.68. The van der Waals surface area contributed by atoms with E-state index in [4.69, 9.17) is 28.6 Å². The lowest BCUT2D eigenvalue weighted by molar-refractivity contribution is -0.120. The van der Waals surface area contributed by atoms with Gasteiger partial charge in [0.15, 0.2) is 14.1 Å². The molecule has 3 aliphatic rings. The molecule has 2 saturated carbocycles. The summed E-state index contributed by atoms with van der Waals surface area (Å²) in [6, 6.07) is 17.1. The summed E-state index contributed by atoms with van der Waals surface area (Å²) in [5.41, 5.74) is 4.54. The van der Waals surface area contributed by atoms with Crippen LogP contribution in [0.2, 0.25) is 0 Å². The molecule has 278 valence electrons. The quantitative estimate of drug-likeness (QED) is 0.0917. The Bertz CT molecular complexity index is 1660. The average Bonchev–Trinajstić information content (AvgIpc) is 3.96. The molecule has 2 aromatic carbocycles. The summed E-state index contributed by atoms with van der Waals surface area (Å²) in [7, 11) is 0. The van der Waals surface area contributed by atoms with Gasteiger partial charge in [-0.1, -0.05) is 92.4 Å². The van der Waals surface area contributed by atoms with Crippen molar-refractivity contribution in [1.29, 1.82) is 0 Å². The van der Waals surface area contributed by atoms with E-state index in [2.05, 4.69) is 67.5 Å². The van der Waals surface area contributed by atoms with Crippen molar-refractivity contribution in [2.75, 3.05) is 24.8 Å². The molecule has 0 radical (unpaired) electrons. The molecule has 1 saturated heterocycles. The molecule has 0 atom stereocenters. The van der Waals surface area contributed by atoms with Crippen LogP contribution < -0.4 is 10.6 Å². The van der Waals surface area contributed by atoms with Crippen molar-refractivity contribution in [2.24, 2.45) is 0 Å². The fourth-order valence-corrected chi connectivity index (χ4v) is 7.83. The minimum absolute atomic E-state index is 0. The molecule has 4 aromatic rings. The number of nitrogens with one attached hydrogen (secondary N) is 3. The first kappa shape index (κ1) is 42.7. The van der Waals surface area contributed by atoms with Gasteiger partial charge in [0.1, 0.15) is 11.7 Å². The van der Waals surface area contributed by atoms with Crippen LogP contribution in [0.15, 0.2) is 52.9 Å². The van der Waals surface area contributed by atoms with Crippen LogP contribution in [0.4, 0.5) is 0 Å². The van der Waals surface area contributed by atoms with Crippen LogP contribution in [-0.2, 0) is 14.3 Å². The second-order valence-electron chi connectivity index (χ2n) is 12.4. The molecule has 2 amide bonds. The van der Waals surface area contributed by atoms with Crippen molar-refractivity contribution in [1.82, 2.24) is 29.3 Å². The predicted molar refractivity (Wildman–Crippen MR) is 217 cm³/mol. The Kier molecular flexibility index (Phi) is 19.9. The maximum Gasteiger partial charge on any atom is 0.235 e. The van der Waals surface area contributed by atoms with Crippen LogP contribution in [0, 0.1) is 17.8 Å². The van der Waals surface area contributed by atoms with Gasteiger partial charge >= 0.3 is 0 Å². The number of ether oxygens (including phenoxy) is 1. The van der Waals surface area contributed by atoms with Gasteiger partial charge in [-0.2, -0.15) is 4.37 Å². The molecule has 0 bridgehead atoms. The number of aromatic amines is 1. The monoisotopic (exact) mass is 790 g/mol. The SMILES string of the molecule is C.C1CCOC1.Cc1cccc(-c2nc(=S)s[nH]2)c1.Cc1cccc(-c2nsc(SCC(=O)NC3CCCC3)n2)c1.O=C(CCl)NC1CCCC1. The molecule has 1 aliphatic heterocycles. The van der Waals surface area contributed by atoms with E-state index in [-0.39, 0.29) is 25.1 Å². The molecule has 14 heteroatoms. The highest BCUT2D eigenvalue weighted by atomic mass is 35.5. The number of alkyl halides is 1. The summed E-state index contributed by atoms with van der Waals surface area (Å²) in [5.74, 6) is 2.18. The molecular weight excluding hydrogens is 740 g/mol. The molecule has 2 aromatic heterocycles. The fourth-order valence-electron chi connectivity index (χ4n) is 5.63. The van der Waals surface area contributed by atoms with Gasteiger partial charge in [-0.05, 0) is 99.8 Å². The van der Waals surface area contributed by atoms with Gasteiger partial charge in [0.05, 0.1) is 5.75 Å². The van der Waals surface area contributed by atoms with Crippen LogP contribution in [0.5, 0.6) is 0 Å². The smallest absolute Gasteiger partial charge is 0.235 e. The van der Waals surface area contributed by atoms with E-state index in [0.29, 0.717) is 21.8 Å². The summed E-state index contributed by atoms with van der Waals surface area (Å²) in [6.07, 6.45) is 12.0. The van der Waals surface area contributed by atoms with E-state index >= 15 is 0 Å². The van der Waals surface area contributed by atoms with Gasteiger partial charge in [0.25, 0.3) is 0 Å². The molecule has 3 N–H and O–H groups in total. The van der Waals surface area contributed by atoms with E-state index in [1.807, 2.05) is 24.3 Å². The number of aryl methyl sites for hydroxylation is 2. The first-order chi connectivity index (χ1) is 24.3. The normalized spacial score (nSPS) is 15.3. The standard InChI is InChI=1S/C16H19N3OS2.C9H8N2S2.C7H12ClNO.C4H8O.CH4/c1-11-5-4-6-12(9-11)15-18-16(22-19-15)21-10-14(20)17-13-7-2-3-8-13;1-6-3-2-4-7(5-6)8-10-9(12)13-11-8;8-5-7(10)9-6-3-1-2-4-6;1-2-4-5-3-1;/h4-6,9,13H,2-3,7-8,10H2,1H3,(H,17,20);2-5H,1H3,(H,10,11,12);6H,1-5H2,(H,9,10);1-4H2;1H4. The third-order valence-corrected chi connectivity index (χ3v) is 11.1. The third kappa shape index (κ3) is 16.3.